The summed E-state index contributed by atoms with van der Waals surface area (Å²) in [5, 5.41) is 16.9. The Morgan fingerprint density at radius 1 is 0.795 bits per heavy atom. The highest BCUT2D eigenvalue weighted by atomic mass is 16.6. The Labute approximate surface area is 231 Å². The molecule has 0 saturated heterocycles. The highest BCUT2D eigenvalue weighted by Gasteiger charge is 2.27. The minimum atomic E-state index is -1.04. The summed E-state index contributed by atoms with van der Waals surface area (Å²) in [5.74, 6) is -2.49. The van der Waals surface area contributed by atoms with Gasteiger partial charge in [0.2, 0.25) is 17.7 Å². The first kappa shape index (κ1) is 36.2. The smallest absolute Gasteiger partial charge is 0.329 e. The van der Waals surface area contributed by atoms with Crippen molar-refractivity contribution in [3.8, 4) is 0 Å². The maximum atomic E-state index is 12.5. The van der Waals surface area contributed by atoms with Gasteiger partial charge in [-0.05, 0) is 72.1 Å². The first-order valence-electron chi connectivity index (χ1n) is 13.6. The summed E-state index contributed by atoms with van der Waals surface area (Å²) in [5.41, 5.74) is 10.6. The van der Waals surface area contributed by atoms with Crippen molar-refractivity contribution in [2.75, 3.05) is 26.8 Å². The predicted octanol–water partition coefficient (Wildman–Crippen LogP) is 0.332. The second kappa shape index (κ2) is 20.2. The molecule has 39 heavy (non-hydrogen) atoms. The maximum absolute atomic E-state index is 12.5. The van der Waals surface area contributed by atoms with Gasteiger partial charge < -0.3 is 42.0 Å². The SMILES string of the molecule is COCCCC(=O)N[C@@H](CCC(=O)NCCCC[C@H](N)C(=O)NCCCC[C@H](N)C(=O)O)C(=O)OC(C)(C)C. The predicted molar refractivity (Wildman–Crippen MR) is 145 cm³/mol. The first-order valence-corrected chi connectivity index (χ1v) is 13.6. The lowest BCUT2D eigenvalue weighted by molar-refractivity contribution is -0.159. The Morgan fingerprint density at radius 3 is 1.95 bits per heavy atom. The molecule has 0 aromatic heterocycles. The lowest BCUT2D eigenvalue weighted by atomic mass is 10.1. The van der Waals surface area contributed by atoms with Crippen LogP contribution in [-0.4, -0.2) is 85.3 Å². The molecule has 0 aliphatic rings. The summed E-state index contributed by atoms with van der Waals surface area (Å²) < 4.78 is 10.3. The molecule has 0 bridgehead atoms. The van der Waals surface area contributed by atoms with E-state index in [1.54, 1.807) is 27.9 Å². The fourth-order valence-electron chi connectivity index (χ4n) is 3.43. The van der Waals surface area contributed by atoms with Crippen LogP contribution in [0.2, 0.25) is 0 Å². The number of nitrogens with two attached hydrogens (primary N) is 2. The van der Waals surface area contributed by atoms with Crippen molar-refractivity contribution in [2.45, 2.75) is 109 Å². The van der Waals surface area contributed by atoms with E-state index in [9.17, 15) is 24.0 Å². The van der Waals surface area contributed by atoms with Gasteiger partial charge in [-0.3, -0.25) is 19.2 Å². The van der Waals surface area contributed by atoms with Crippen molar-refractivity contribution >= 4 is 29.7 Å². The molecule has 0 aliphatic carbocycles. The standard InChI is InChI=1S/C26H49N5O8/c1-26(2,3)39-25(37)20(31-22(33)12-9-17-38-4)13-14-21(32)29-15-7-5-10-18(27)23(34)30-16-8-6-11-19(28)24(35)36/h18-20H,5-17,27-28H2,1-4H3,(H,29,32)(H,30,34)(H,31,33)(H,35,36)/t18-,19-,20-/m0/s1. The zero-order valence-corrected chi connectivity index (χ0v) is 23.9. The van der Waals surface area contributed by atoms with E-state index in [4.69, 9.17) is 26.0 Å². The average Bonchev–Trinajstić information content (AvgIpc) is 2.84. The van der Waals surface area contributed by atoms with Gasteiger partial charge in [0.15, 0.2) is 0 Å². The Morgan fingerprint density at radius 2 is 1.38 bits per heavy atom. The number of nitrogens with one attached hydrogen (secondary N) is 3. The first-order chi connectivity index (χ1) is 18.3. The molecule has 8 N–H and O–H groups in total. The van der Waals surface area contributed by atoms with Crippen molar-refractivity contribution in [1.29, 1.82) is 0 Å². The Hall–Kier alpha value is -2.77. The van der Waals surface area contributed by atoms with Crippen molar-refractivity contribution in [2.24, 2.45) is 11.5 Å². The fourth-order valence-corrected chi connectivity index (χ4v) is 3.43. The number of methoxy groups -OCH3 is 1. The zero-order valence-electron chi connectivity index (χ0n) is 23.9. The summed E-state index contributed by atoms with van der Waals surface area (Å²) in [6.45, 7) is 6.39. The van der Waals surface area contributed by atoms with Gasteiger partial charge in [-0.2, -0.15) is 0 Å². The van der Waals surface area contributed by atoms with Crippen LogP contribution < -0.4 is 27.4 Å². The number of hydrogen-bond donors (Lipinski definition) is 6. The number of rotatable bonds is 21. The number of ether oxygens (including phenoxy) is 2. The minimum absolute atomic E-state index is 0.0293. The van der Waals surface area contributed by atoms with Gasteiger partial charge in [0.25, 0.3) is 0 Å². The van der Waals surface area contributed by atoms with E-state index in [1.165, 1.54) is 0 Å². The van der Waals surface area contributed by atoms with Crippen LogP contribution in [0, 0.1) is 0 Å². The number of carboxylic acids is 1. The molecule has 0 rings (SSSR count). The molecule has 0 radical (unpaired) electrons. The molecule has 13 nitrogen and oxygen atoms in total. The van der Waals surface area contributed by atoms with Gasteiger partial charge in [-0.1, -0.05) is 0 Å². The fraction of sp³-hybridized carbons (Fsp3) is 0.808. The van der Waals surface area contributed by atoms with Crippen molar-refractivity contribution in [1.82, 2.24) is 16.0 Å². The monoisotopic (exact) mass is 559 g/mol. The molecule has 0 aromatic rings. The summed E-state index contributed by atoms with van der Waals surface area (Å²) >= 11 is 0. The van der Waals surface area contributed by atoms with E-state index in [0.717, 1.165) is 0 Å². The van der Waals surface area contributed by atoms with Crippen LogP contribution in [0.3, 0.4) is 0 Å². The molecule has 0 aromatic carbocycles. The summed E-state index contributed by atoms with van der Waals surface area (Å²) in [6, 6.07) is -2.51. The lowest BCUT2D eigenvalue weighted by Crippen LogP contribution is -2.44. The van der Waals surface area contributed by atoms with E-state index in [0.29, 0.717) is 64.6 Å². The third kappa shape index (κ3) is 19.9. The van der Waals surface area contributed by atoms with Crippen LogP contribution in [0.15, 0.2) is 0 Å². The zero-order chi connectivity index (χ0) is 29.8. The third-order valence-electron chi connectivity index (χ3n) is 5.60. The van der Waals surface area contributed by atoms with E-state index < -0.39 is 35.7 Å². The van der Waals surface area contributed by atoms with Gasteiger partial charge in [0.05, 0.1) is 6.04 Å². The highest BCUT2D eigenvalue weighted by Crippen LogP contribution is 2.11. The van der Waals surface area contributed by atoms with Crippen molar-refractivity contribution in [3.05, 3.63) is 0 Å². The molecule has 0 saturated carbocycles. The number of hydrogen-bond acceptors (Lipinski definition) is 9. The molecule has 3 atom stereocenters. The molecule has 0 heterocycles. The molecule has 0 unspecified atom stereocenters. The van der Waals surface area contributed by atoms with Gasteiger partial charge >= 0.3 is 11.9 Å². The van der Waals surface area contributed by atoms with Crippen LogP contribution in [0.1, 0.15) is 85.0 Å². The number of esters is 1. The van der Waals surface area contributed by atoms with Crippen LogP contribution in [0.5, 0.6) is 0 Å². The van der Waals surface area contributed by atoms with Crippen molar-refractivity contribution < 1.29 is 38.6 Å². The second-order valence-corrected chi connectivity index (χ2v) is 10.5. The van der Waals surface area contributed by atoms with E-state index in [1.807, 2.05) is 0 Å². The number of carbonyl (C=O) groups is 5. The number of carboxylic acid groups (broad SMARTS) is 1. The molecule has 0 fully saturated rings. The molecule has 0 aliphatic heterocycles. The molecule has 13 heteroatoms. The van der Waals surface area contributed by atoms with Crippen molar-refractivity contribution in [3.63, 3.8) is 0 Å². The number of carbonyl (C=O) groups excluding carboxylic acids is 4. The van der Waals surface area contributed by atoms with Gasteiger partial charge in [-0.25, -0.2) is 4.79 Å². The third-order valence-corrected chi connectivity index (χ3v) is 5.60. The molecule has 0 spiro atoms. The highest BCUT2D eigenvalue weighted by molar-refractivity contribution is 5.85. The molecule has 226 valence electrons. The Kier molecular flexibility index (Phi) is 18.7. The van der Waals surface area contributed by atoms with E-state index in [2.05, 4.69) is 16.0 Å². The summed E-state index contributed by atoms with van der Waals surface area (Å²) in [4.78, 5) is 59.7. The van der Waals surface area contributed by atoms with E-state index >= 15 is 0 Å². The van der Waals surface area contributed by atoms with Gasteiger partial charge in [-0.15, -0.1) is 0 Å². The van der Waals surface area contributed by atoms with Crippen LogP contribution in [-0.2, 0) is 33.4 Å². The number of amides is 3. The van der Waals surface area contributed by atoms with Crippen LogP contribution in [0.25, 0.3) is 0 Å². The number of aliphatic carboxylic acids is 1. The molecule has 3 amide bonds. The largest absolute Gasteiger partial charge is 0.480 e. The van der Waals surface area contributed by atoms with Crippen LogP contribution in [0.4, 0.5) is 0 Å². The molecular weight excluding hydrogens is 510 g/mol. The summed E-state index contributed by atoms with van der Waals surface area (Å²) in [6.07, 6.45) is 4.06. The Balaban J connectivity index is 4.28. The van der Waals surface area contributed by atoms with Gasteiger partial charge in [0, 0.05) is 39.6 Å². The quantitative estimate of drug-likeness (QED) is 0.0837. The van der Waals surface area contributed by atoms with Crippen LogP contribution >= 0.6 is 0 Å². The van der Waals surface area contributed by atoms with E-state index in [-0.39, 0.29) is 37.0 Å². The average molecular weight is 560 g/mol. The normalized spacial score (nSPS) is 13.6. The Bertz CT molecular complexity index is 772. The number of unbranched alkanes of at least 4 members (excludes halogenated alkanes) is 2. The topological polar surface area (TPSA) is 212 Å². The second-order valence-electron chi connectivity index (χ2n) is 10.5. The molecular formula is C26H49N5O8. The maximum Gasteiger partial charge on any atom is 0.329 e. The lowest BCUT2D eigenvalue weighted by Gasteiger charge is -2.24. The van der Waals surface area contributed by atoms with Gasteiger partial charge in [0.1, 0.15) is 17.7 Å². The summed E-state index contributed by atoms with van der Waals surface area (Å²) in [7, 11) is 1.54. The minimum Gasteiger partial charge on any atom is -0.480 e.